The van der Waals surface area contributed by atoms with Crippen molar-refractivity contribution in [2.45, 2.75) is 54.4 Å². The highest BCUT2D eigenvalue weighted by Crippen LogP contribution is 2.23. The molecule has 0 aromatic rings. The molecule has 76 valence electrons. The quantitative estimate of drug-likeness (QED) is 0.591. The van der Waals surface area contributed by atoms with Gasteiger partial charge in [-0.2, -0.15) is 0 Å². The Morgan fingerprint density at radius 1 is 1.00 bits per heavy atom. The Labute approximate surface area is 78.9 Å². The van der Waals surface area contributed by atoms with Crippen molar-refractivity contribution in [2.75, 3.05) is 13.1 Å². The largest absolute Gasteiger partial charge is 0.316 e. The second kappa shape index (κ2) is 9.05. The summed E-state index contributed by atoms with van der Waals surface area (Å²) < 4.78 is 0. The normalized spacial score (nSPS) is 19.5. The molecule has 1 saturated heterocycles. The van der Waals surface area contributed by atoms with Crippen LogP contribution in [0.2, 0.25) is 0 Å². The van der Waals surface area contributed by atoms with E-state index in [4.69, 9.17) is 0 Å². The molecule has 1 rings (SSSR count). The molecule has 0 aliphatic carbocycles. The van der Waals surface area contributed by atoms with Crippen molar-refractivity contribution in [3.8, 4) is 0 Å². The van der Waals surface area contributed by atoms with Gasteiger partial charge in [-0.05, 0) is 24.8 Å². The van der Waals surface area contributed by atoms with Crippen molar-refractivity contribution in [1.82, 2.24) is 5.32 Å². The highest BCUT2D eigenvalue weighted by atomic mass is 14.9. The average molecular weight is 173 g/mol. The van der Waals surface area contributed by atoms with E-state index in [2.05, 4.69) is 19.2 Å². The Bertz CT molecular complexity index is 69.1. The maximum Gasteiger partial charge on any atom is 0.000252 e. The van der Waals surface area contributed by atoms with E-state index in [9.17, 15) is 0 Å². The number of hydrogen-bond acceptors (Lipinski definition) is 1. The van der Waals surface area contributed by atoms with Crippen LogP contribution in [0.5, 0.6) is 0 Å². The van der Waals surface area contributed by atoms with Crippen LogP contribution in [0.1, 0.15) is 54.4 Å². The molecule has 0 saturated carbocycles. The fourth-order valence-corrected chi connectivity index (χ4v) is 1.21. The molecule has 0 radical (unpaired) electrons. The smallest absolute Gasteiger partial charge is 0.000252 e. The molecule has 1 heterocycles. The molecule has 1 N–H and O–H groups in total. The number of hydrogen-bond donors (Lipinski definition) is 1. The van der Waals surface area contributed by atoms with Gasteiger partial charge < -0.3 is 5.32 Å². The Morgan fingerprint density at radius 2 is 1.50 bits per heavy atom. The third-order valence-corrected chi connectivity index (χ3v) is 1.81. The van der Waals surface area contributed by atoms with Crippen molar-refractivity contribution in [3.63, 3.8) is 0 Å². The molecule has 12 heavy (non-hydrogen) atoms. The van der Waals surface area contributed by atoms with Crippen molar-refractivity contribution < 1.29 is 0 Å². The van der Waals surface area contributed by atoms with Crippen LogP contribution < -0.4 is 5.32 Å². The lowest BCUT2D eigenvalue weighted by Gasteiger charge is -2.29. The molecule has 1 fully saturated rings. The van der Waals surface area contributed by atoms with Gasteiger partial charge in [-0.15, -0.1) is 0 Å². The summed E-state index contributed by atoms with van der Waals surface area (Å²) in [5, 5.41) is 3.38. The molecule has 1 aliphatic heterocycles. The van der Waals surface area contributed by atoms with Gasteiger partial charge in [0, 0.05) is 6.54 Å². The molecule has 0 atom stereocenters. The predicted octanol–water partition coefficient (Wildman–Crippen LogP) is 3.45. The minimum Gasteiger partial charge on any atom is -0.316 e. The third kappa shape index (κ3) is 8.06. The van der Waals surface area contributed by atoms with Crippen molar-refractivity contribution in [1.29, 1.82) is 0 Å². The molecule has 0 spiro atoms. The summed E-state index contributed by atoms with van der Waals surface area (Å²) in [5.41, 5.74) is 0.568. The minimum atomic E-state index is 0.568. The standard InChI is InChI=1S/C7H15N.2C2H6/c1-7(2)4-3-5-8-6-7;2*1-2/h8H,3-6H2,1-2H3;2*1-2H3. The van der Waals surface area contributed by atoms with E-state index in [1.54, 1.807) is 0 Å². The third-order valence-electron chi connectivity index (χ3n) is 1.81. The summed E-state index contributed by atoms with van der Waals surface area (Å²) in [6.45, 7) is 15.1. The van der Waals surface area contributed by atoms with Gasteiger partial charge in [-0.3, -0.25) is 0 Å². The molecule has 1 heteroatoms. The maximum absolute atomic E-state index is 3.38. The molecule has 1 nitrogen and oxygen atoms in total. The molecular weight excluding hydrogens is 146 g/mol. The van der Waals surface area contributed by atoms with Crippen LogP contribution in [0, 0.1) is 5.41 Å². The lowest BCUT2D eigenvalue weighted by molar-refractivity contribution is 0.265. The van der Waals surface area contributed by atoms with E-state index < -0.39 is 0 Å². The fourth-order valence-electron chi connectivity index (χ4n) is 1.21. The van der Waals surface area contributed by atoms with Crippen molar-refractivity contribution in [3.05, 3.63) is 0 Å². The minimum absolute atomic E-state index is 0.568. The summed E-state index contributed by atoms with van der Waals surface area (Å²) in [4.78, 5) is 0. The Morgan fingerprint density at radius 3 is 1.67 bits per heavy atom. The first-order valence-electron chi connectivity index (χ1n) is 5.41. The maximum atomic E-state index is 3.38. The van der Waals surface area contributed by atoms with Gasteiger partial charge in [0.05, 0.1) is 0 Å². The zero-order chi connectivity index (χ0) is 10.0. The zero-order valence-corrected chi connectivity index (χ0v) is 9.83. The highest BCUT2D eigenvalue weighted by molar-refractivity contribution is 4.75. The van der Waals surface area contributed by atoms with Crippen LogP contribution in [0.3, 0.4) is 0 Å². The van der Waals surface area contributed by atoms with Gasteiger partial charge >= 0.3 is 0 Å². The number of piperidine rings is 1. The van der Waals surface area contributed by atoms with E-state index in [0.29, 0.717) is 5.41 Å². The van der Waals surface area contributed by atoms with E-state index in [-0.39, 0.29) is 0 Å². The van der Waals surface area contributed by atoms with Crippen LogP contribution in [0.4, 0.5) is 0 Å². The number of nitrogens with one attached hydrogen (secondary N) is 1. The van der Waals surface area contributed by atoms with Crippen LogP contribution in [-0.4, -0.2) is 13.1 Å². The Kier molecular flexibility index (Phi) is 10.9. The zero-order valence-electron chi connectivity index (χ0n) is 9.83. The van der Waals surface area contributed by atoms with E-state index >= 15 is 0 Å². The topological polar surface area (TPSA) is 12.0 Å². The van der Waals surface area contributed by atoms with E-state index in [0.717, 1.165) is 0 Å². The molecule has 0 aromatic carbocycles. The fraction of sp³-hybridized carbons (Fsp3) is 1.00. The van der Waals surface area contributed by atoms with Crippen LogP contribution in [0.25, 0.3) is 0 Å². The molecule has 0 aromatic heterocycles. The molecule has 0 bridgehead atoms. The van der Waals surface area contributed by atoms with Gasteiger partial charge in [-0.25, -0.2) is 0 Å². The average Bonchev–Trinajstić information content (AvgIpc) is 2.11. The van der Waals surface area contributed by atoms with Gasteiger partial charge in [0.1, 0.15) is 0 Å². The second-order valence-electron chi connectivity index (χ2n) is 3.44. The van der Waals surface area contributed by atoms with Gasteiger partial charge in [0.25, 0.3) is 0 Å². The highest BCUT2D eigenvalue weighted by Gasteiger charge is 2.19. The summed E-state index contributed by atoms with van der Waals surface area (Å²) in [6, 6.07) is 0. The van der Waals surface area contributed by atoms with Gasteiger partial charge in [-0.1, -0.05) is 41.5 Å². The SMILES string of the molecule is CC.CC.CC1(C)CCCNC1. The predicted molar refractivity (Wildman–Crippen MR) is 58.6 cm³/mol. The van der Waals surface area contributed by atoms with Crippen molar-refractivity contribution in [2.24, 2.45) is 5.41 Å². The summed E-state index contributed by atoms with van der Waals surface area (Å²) >= 11 is 0. The lowest BCUT2D eigenvalue weighted by atomic mass is 9.85. The number of rotatable bonds is 0. The van der Waals surface area contributed by atoms with Gasteiger partial charge in [0.15, 0.2) is 0 Å². The summed E-state index contributed by atoms with van der Waals surface area (Å²) in [5.74, 6) is 0. The van der Waals surface area contributed by atoms with Crippen LogP contribution >= 0.6 is 0 Å². The van der Waals surface area contributed by atoms with Crippen molar-refractivity contribution >= 4 is 0 Å². The molecule has 0 unspecified atom stereocenters. The van der Waals surface area contributed by atoms with Crippen LogP contribution in [0.15, 0.2) is 0 Å². The van der Waals surface area contributed by atoms with E-state index in [1.165, 1.54) is 25.9 Å². The lowest BCUT2D eigenvalue weighted by Crippen LogP contribution is -2.35. The first kappa shape index (κ1) is 14.5. The van der Waals surface area contributed by atoms with E-state index in [1.807, 2.05) is 27.7 Å². The monoisotopic (exact) mass is 173 g/mol. The van der Waals surface area contributed by atoms with Gasteiger partial charge in [0.2, 0.25) is 0 Å². The summed E-state index contributed by atoms with van der Waals surface area (Å²) in [7, 11) is 0. The van der Waals surface area contributed by atoms with Crippen LogP contribution in [-0.2, 0) is 0 Å². The first-order chi connectivity index (χ1) is 5.71. The molecule has 0 amide bonds. The Hall–Kier alpha value is -0.0400. The molecular formula is C11H27N. The first-order valence-corrected chi connectivity index (χ1v) is 5.41. The Balaban J connectivity index is 0. The summed E-state index contributed by atoms with van der Waals surface area (Å²) in [6.07, 6.45) is 2.74. The molecule has 1 aliphatic rings. The second-order valence-corrected chi connectivity index (χ2v) is 3.44.